The third-order valence-electron chi connectivity index (χ3n) is 4.24. The third-order valence-corrected chi connectivity index (χ3v) is 4.24. The highest BCUT2D eigenvalue weighted by molar-refractivity contribution is 5.90. The van der Waals surface area contributed by atoms with E-state index in [1.165, 1.54) is 17.6 Å². The Balaban J connectivity index is 0.00000196. The molecule has 1 saturated heterocycles. The number of hydrogen-bond donors (Lipinski definition) is 3. The Hall–Kier alpha value is -2.19. The fourth-order valence-electron chi connectivity index (χ4n) is 3.00. The molecule has 1 atom stereocenters. The van der Waals surface area contributed by atoms with Crippen LogP contribution in [0, 0.1) is 5.82 Å². The molecule has 1 aromatic carbocycles. The van der Waals surface area contributed by atoms with Crippen molar-refractivity contribution in [2.24, 2.45) is 0 Å². The lowest BCUT2D eigenvalue weighted by Gasteiger charge is -2.17. The highest BCUT2D eigenvalue weighted by atomic mass is 35.5. The monoisotopic (exact) mass is 428 g/mol. The van der Waals surface area contributed by atoms with E-state index in [-0.39, 0.29) is 36.7 Å². The molecular formula is C19H23Cl2FN4O2. The Morgan fingerprint density at radius 1 is 1.32 bits per heavy atom. The molecule has 2 aromatic rings. The largest absolute Gasteiger partial charge is 0.366 e. The predicted octanol–water partition coefficient (Wildman–Crippen LogP) is 3.27. The van der Waals surface area contributed by atoms with E-state index in [4.69, 9.17) is 5.21 Å². The molecule has 6 nitrogen and oxygen atoms in total. The minimum atomic E-state index is -0.587. The smallest absolute Gasteiger partial charge is 0.267 e. The number of amides is 1. The van der Waals surface area contributed by atoms with E-state index in [0.29, 0.717) is 0 Å². The number of likely N-dealkylation sites (tertiary alicyclic amines) is 1. The van der Waals surface area contributed by atoms with Gasteiger partial charge in [0.2, 0.25) is 0 Å². The zero-order valence-corrected chi connectivity index (χ0v) is 16.7. The van der Waals surface area contributed by atoms with Crippen molar-refractivity contribution in [3.8, 4) is 0 Å². The van der Waals surface area contributed by atoms with Crippen molar-refractivity contribution in [1.82, 2.24) is 15.4 Å². The number of anilines is 1. The second-order valence-corrected chi connectivity index (χ2v) is 6.28. The molecule has 0 unspecified atom stereocenters. The van der Waals surface area contributed by atoms with Crippen LogP contribution < -0.4 is 10.8 Å². The lowest BCUT2D eigenvalue weighted by atomic mass is 10.2. The molecular weight excluding hydrogens is 406 g/mol. The number of rotatable bonds is 6. The first-order chi connectivity index (χ1) is 12.6. The topological polar surface area (TPSA) is 77.5 Å². The van der Waals surface area contributed by atoms with Crippen LogP contribution in [0.2, 0.25) is 0 Å². The molecule has 1 aromatic heterocycles. The maximum Gasteiger partial charge on any atom is 0.267 e. The summed E-state index contributed by atoms with van der Waals surface area (Å²) in [6, 6.07) is 10.7. The van der Waals surface area contributed by atoms with Gasteiger partial charge >= 0.3 is 0 Å². The summed E-state index contributed by atoms with van der Waals surface area (Å²) in [4.78, 5) is 17.6. The van der Waals surface area contributed by atoms with Gasteiger partial charge in [-0.1, -0.05) is 12.1 Å². The molecule has 1 fully saturated rings. The van der Waals surface area contributed by atoms with Crippen molar-refractivity contribution in [3.63, 3.8) is 0 Å². The Labute approximate surface area is 175 Å². The van der Waals surface area contributed by atoms with E-state index in [9.17, 15) is 9.18 Å². The molecule has 1 amide bonds. The molecule has 0 saturated carbocycles. The molecule has 0 spiro atoms. The Morgan fingerprint density at radius 3 is 2.82 bits per heavy atom. The van der Waals surface area contributed by atoms with Crippen molar-refractivity contribution in [1.29, 1.82) is 0 Å². The number of aromatic nitrogens is 1. The SMILES string of the molecule is Cl.Cl.O=C(/C=C/c1ccc(N[C@@H]2CCN(Cc3cccc(F)c3)C2)nc1)NO. The normalized spacial score (nSPS) is 16.3. The molecule has 3 N–H and O–H groups in total. The van der Waals surface area contributed by atoms with Gasteiger partial charge in [-0.05, 0) is 47.9 Å². The zero-order chi connectivity index (χ0) is 18.4. The number of halogens is 3. The second kappa shape index (κ2) is 11.6. The zero-order valence-electron chi connectivity index (χ0n) is 15.0. The fourth-order valence-corrected chi connectivity index (χ4v) is 3.00. The van der Waals surface area contributed by atoms with Crippen LogP contribution in [-0.4, -0.2) is 40.1 Å². The molecule has 1 aliphatic heterocycles. The van der Waals surface area contributed by atoms with Gasteiger partial charge in [-0.25, -0.2) is 14.9 Å². The fraction of sp³-hybridized carbons (Fsp3) is 0.263. The van der Waals surface area contributed by atoms with Gasteiger partial charge in [0.05, 0.1) is 0 Å². The standard InChI is InChI=1S/C19H21FN4O2.2ClH/c20-16-3-1-2-15(10-16)12-24-9-8-17(13-24)22-18-6-4-14(11-21-18)5-7-19(25)23-26;;/h1-7,10-11,17,26H,8-9,12-13H2,(H,21,22)(H,23,25);2*1H/b7-5+;;/t17-;;/m1../s1. The van der Waals surface area contributed by atoms with E-state index >= 15 is 0 Å². The van der Waals surface area contributed by atoms with Gasteiger partial charge in [0.15, 0.2) is 0 Å². The summed E-state index contributed by atoms with van der Waals surface area (Å²) in [5.74, 6) is -0.0194. The van der Waals surface area contributed by atoms with Crippen molar-refractivity contribution in [2.45, 2.75) is 19.0 Å². The van der Waals surface area contributed by atoms with E-state index in [1.54, 1.807) is 24.4 Å². The molecule has 1 aliphatic rings. The van der Waals surface area contributed by atoms with E-state index in [0.717, 1.165) is 43.0 Å². The number of carbonyl (C=O) groups excluding carboxylic acids is 1. The first kappa shape index (κ1) is 23.8. The Bertz CT molecular complexity index is 790. The second-order valence-electron chi connectivity index (χ2n) is 6.28. The summed E-state index contributed by atoms with van der Waals surface area (Å²) in [7, 11) is 0. The van der Waals surface area contributed by atoms with Crippen LogP contribution in [0.15, 0.2) is 48.7 Å². The Morgan fingerprint density at radius 2 is 2.14 bits per heavy atom. The minimum Gasteiger partial charge on any atom is -0.366 e. The van der Waals surface area contributed by atoms with Gasteiger partial charge in [0.25, 0.3) is 5.91 Å². The van der Waals surface area contributed by atoms with Gasteiger partial charge in [0, 0.05) is 37.9 Å². The van der Waals surface area contributed by atoms with E-state index in [2.05, 4.69) is 15.2 Å². The van der Waals surface area contributed by atoms with Crippen LogP contribution in [0.4, 0.5) is 10.2 Å². The third kappa shape index (κ3) is 7.09. The number of benzene rings is 1. The van der Waals surface area contributed by atoms with Crippen LogP contribution in [0.3, 0.4) is 0 Å². The van der Waals surface area contributed by atoms with Gasteiger partial charge in [-0.2, -0.15) is 0 Å². The number of nitrogens with one attached hydrogen (secondary N) is 2. The van der Waals surface area contributed by atoms with E-state index in [1.807, 2.05) is 18.2 Å². The molecule has 152 valence electrons. The van der Waals surface area contributed by atoms with Crippen LogP contribution in [-0.2, 0) is 11.3 Å². The van der Waals surface area contributed by atoms with Crippen LogP contribution in [0.1, 0.15) is 17.5 Å². The molecule has 9 heteroatoms. The average Bonchev–Trinajstić information content (AvgIpc) is 3.07. The molecule has 0 bridgehead atoms. The minimum absolute atomic E-state index is 0. The van der Waals surface area contributed by atoms with Gasteiger partial charge in [-0.15, -0.1) is 24.8 Å². The maximum absolute atomic E-state index is 13.3. The van der Waals surface area contributed by atoms with Gasteiger partial charge in [-0.3, -0.25) is 14.9 Å². The van der Waals surface area contributed by atoms with Crippen LogP contribution in [0.25, 0.3) is 6.08 Å². The van der Waals surface area contributed by atoms with Crippen LogP contribution in [0.5, 0.6) is 0 Å². The predicted molar refractivity (Wildman–Crippen MR) is 111 cm³/mol. The first-order valence-corrected chi connectivity index (χ1v) is 8.44. The number of nitrogens with zero attached hydrogens (tertiary/aromatic N) is 2. The first-order valence-electron chi connectivity index (χ1n) is 8.44. The van der Waals surface area contributed by atoms with Gasteiger partial charge < -0.3 is 5.32 Å². The molecule has 28 heavy (non-hydrogen) atoms. The number of hydrogen-bond acceptors (Lipinski definition) is 5. The number of carbonyl (C=O) groups is 1. The van der Waals surface area contributed by atoms with Crippen LogP contribution >= 0.6 is 24.8 Å². The maximum atomic E-state index is 13.3. The Kier molecular flexibility index (Phi) is 9.89. The summed E-state index contributed by atoms with van der Waals surface area (Å²) in [6.45, 7) is 2.56. The number of pyridine rings is 1. The highest BCUT2D eigenvalue weighted by Gasteiger charge is 2.22. The average molecular weight is 429 g/mol. The summed E-state index contributed by atoms with van der Waals surface area (Å²) < 4.78 is 13.3. The molecule has 0 aliphatic carbocycles. The molecule has 2 heterocycles. The van der Waals surface area contributed by atoms with Crippen molar-refractivity contribution < 1.29 is 14.4 Å². The summed E-state index contributed by atoms with van der Waals surface area (Å²) in [6.07, 6.45) is 5.45. The summed E-state index contributed by atoms with van der Waals surface area (Å²) >= 11 is 0. The van der Waals surface area contributed by atoms with E-state index < -0.39 is 5.91 Å². The van der Waals surface area contributed by atoms with Crippen molar-refractivity contribution >= 4 is 42.6 Å². The summed E-state index contributed by atoms with van der Waals surface area (Å²) in [5.41, 5.74) is 3.28. The molecule has 0 radical (unpaired) electrons. The van der Waals surface area contributed by atoms with Crippen molar-refractivity contribution in [2.75, 3.05) is 18.4 Å². The lowest BCUT2D eigenvalue weighted by Crippen LogP contribution is -2.26. The number of hydroxylamine groups is 1. The summed E-state index contributed by atoms with van der Waals surface area (Å²) in [5, 5.41) is 11.8. The van der Waals surface area contributed by atoms with Gasteiger partial charge in [0.1, 0.15) is 11.6 Å². The quantitative estimate of drug-likeness (QED) is 0.373. The molecule has 3 rings (SSSR count). The highest BCUT2D eigenvalue weighted by Crippen LogP contribution is 2.17. The van der Waals surface area contributed by atoms with Crippen molar-refractivity contribution in [3.05, 3.63) is 65.6 Å². The lowest BCUT2D eigenvalue weighted by molar-refractivity contribution is -0.124.